The minimum absolute atomic E-state index is 0.0443. The highest BCUT2D eigenvalue weighted by Gasteiger charge is 2.30. The van der Waals surface area contributed by atoms with Gasteiger partial charge in [-0.25, -0.2) is 0 Å². The lowest BCUT2D eigenvalue weighted by Crippen LogP contribution is -2.36. The molecule has 240 valence electrons. The number of rotatable bonds is 12. The first-order valence-corrected chi connectivity index (χ1v) is 15.0. The highest BCUT2D eigenvalue weighted by molar-refractivity contribution is 6.36. The summed E-state index contributed by atoms with van der Waals surface area (Å²) in [5.74, 6) is -1.27. The molecule has 3 N–H and O–H groups in total. The molecule has 7 nitrogen and oxygen atoms in total. The fourth-order valence-corrected chi connectivity index (χ4v) is 5.01. The van der Waals surface area contributed by atoms with Crippen LogP contribution in [0.25, 0.3) is 11.1 Å². The van der Waals surface area contributed by atoms with E-state index in [1.165, 1.54) is 12.1 Å². The lowest BCUT2D eigenvalue weighted by molar-refractivity contribution is -0.143. The van der Waals surface area contributed by atoms with Crippen LogP contribution in [0.15, 0.2) is 91.0 Å². The van der Waals surface area contributed by atoms with Crippen LogP contribution in [-0.4, -0.2) is 37.0 Å². The molecule has 0 unspecified atom stereocenters. The monoisotopic (exact) mass is 671 g/mol. The van der Waals surface area contributed by atoms with Gasteiger partial charge in [0, 0.05) is 45.5 Å². The number of carbonyl (C=O) groups excluding carboxylic acids is 3. The van der Waals surface area contributed by atoms with Crippen LogP contribution in [0.4, 0.5) is 24.5 Å². The summed E-state index contributed by atoms with van der Waals surface area (Å²) in [4.78, 5) is 37.4. The van der Waals surface area contributed by atoms with Gasteiger partial charge >= 0.3 is 12.1 Å². The van der Waals surface area contributed by atoms with E-state index in [4.69, 9.17) is 27.9 Å². The van der Waals surface area contributed by atoms with Crippen LogP contribution in [0.2, 0.25) is 10.0 Å². The number of alkyl halides is 3. The molecule has 12 heteroatoms. The molecule has 46 heavy (non-hydrogen) atoms. The zero-order valence-corrected chi connectivity index (χ0v) is 26.1. The first-order chi connectivity index (χ1) is 21.9. The Morgan fingerprint density at radius 1 is 0.848 bits per heavy atom. The van der Waals surface area contributed by atoms with Crippen molar-refractivity contribution < 1.29 is 32.3 Å². The van der Waals surface area contributed by atoms with Crippen molar-refractivity contribution in [3.8, 4) is 11.1 Å². The minimum Gasteiger partial charge on any atom is -0.466 e. The summed E-state index contributed by atoms with van der Waals surface area (Å²) in [6.45, 7) is 2.07. The second-order valence-electron chi connectivity index (χ2n) is 10.2. The molecule has 4 aromatic carbocycles. The van der Waals surface area contributed by atoms with Crippen molar-refractivity contribution in [3.63, 3.8) is 0 Å². The molecule has 0 aliphatic rings. The van der Waals surface area contributed by atoms with Crippen molar-refractivity contribution in [3.05, 3.63) is 118 Å². The number of halogens is 5. The number of ether oxygens (including phenoxy) is 1. The lowest BCUT2D eigenvalue weighted by atomic mass is 10.00. The zero-order chi connectivity index (χ0) is 33.3. The number of hydrogen-bond donors (Lipinski definition) is 3. The van der Waals surface area contributed by atoms with Gasteiger partial charge in [-0.1, -0.05) is 53.5 Å². The summed E-state index contributed by atoms with van der Waals surface area (Å²) in [7, 11) is 0. The van der Waals surface area contributed by atoms with Gasteiger partial charge in [-0.15, -0.1) is 0 Å². The number of benzene rings is 4. The smallest absolute Gasteiger partial charge is 0.416 e. The maximum absolute atomic E-state index is 13.4. The molecular formula is C34H30Cl2F3N3O4. The van der Waals surface area contributed by atoms with Crippen LogP contribution in [0, 0.1) is 0 Å². The second kappa shape index (κ2) is 15.6. The number of hydrogen-bond acceptors (Lipinski definition) is 5. The van der Waals surface area contributed by atoms with E-state index < -0.39 is 29.7 Å². The molecular weight excluding hydrogens is 642 g/mol. The van der Waals surface area contributed by atoms with Crippen molar-refractivity contribution >= 4 is 52.4 Å². The van der Waals surface area contributed by atoms with Crippen molar-refractivity contribution in [1.82, 2.24) is 5.32 Å². The van der Waals surface area contributed by atoms with Crippen LogP contribution in [0.3, 0.4) is 0 Å². The molecule has 0 saturated heterocycles. The van der Waals surface area contributed by atoms with E-state index in [9.17, 15) is 27.6 Å². The molecule has 0 aromatic heterocycles. The van der Waals surface area contributed by atoms with Crippen molar-refractivity contribution in [2.24, 2.45) is 0 Å². The van der Waals surface area contributed by atoms with Gasteiger partial charge in [0.1, 0.15) is 6.04 Å². The highest BCUT2D eigenvalue weighted by atomic mass is 35.5. The van der Waals surface area contributed by atoms with E-state index in [1.54, 1.807) is 43.3 Å². The van der Waals surface area contributed by atoms with E-state index in [2.05, 4.69) is 16.0 Å². The summed E-state index contributed by atoms with van der Waals surface area (Å²) in [5, 5.41) is 9.50. The minimum atomic E-state index is -4.50. The molecule has 0 aliphatic carbocycles. The summed E-state index contributed by atoms with van der Waals surface area (Å²) in [6, 6.07) is 22.4. The maximum atomic E-state index is 13.4. The number of esters is 1. The molecule has 2 amide bonds. The van der Waals surface area contributed by atoms with Gasteiger partial charge in [0.15, 0.2) is 0 Å². The van der Waals surface area contributed by atoms with Gasteiger partial charge < -0.3 is 20.7 Å². The Morgan fingerprint density at radius 3 is 2.11 bits per heavy atom. The van der Waals surface area contributed by atoms with Gasteiger partial charge in [-0.05, 0) is 78.7 Å². The number of amides is 2. The molecule has 0 spiro atoms. The van der Waals surface area contributed by atoms with E-state index in [0.29, 0.717) is 21.3 Å². The standard InChI is InChI=1S/C34H30Cl2F3N3O4/c1-2-46-31(43)17-18-40-32(44)23-7-12-26(13-8-23)41-30(33(45)42-27-14-9-24(10-15-27)34(37,38)39)19-21-3-5-22(6-4-21)28-16-11-25(35)20-29(28)36/h3-16,20,30,41H,2,17-19H2,1H3,(H,40,44)(H,42,45)/t30-/m1/s1. The zero-order valence-electron chi connectivity index (χ0n) is 24.6. The fourth-order valence-electron chi connectivity index (χ4n) is 4.49. The summed E-state index contributed by atoms with van der Waals surface area (Å²) in [5.41, 5.74) is 2.68. The van der Waals surface area contributed by atoms with Gasteiger partial charge in [0.2, 0.25) is 5.91 Å². The van der Waals surface area contributed by atoms with Crippen LogP contribution >= 0.6 is 23.2 Å². The van der Waals surface area contributed by atoms with Gasteiger partial charge in [-0.2, -0.15) is 13.2 Å². The normalized spacial score (nSPS) is 11.8. The molecule has 0 saturated carbocycles. The Kier molecular flexibility index (Phi) is 11.7. The van der Waals surface area contributed by atoms with E-state index in [-0.39, 0.29) is 37.6 Å². The van der Waals surface area contributed by atoms with Gasteiger partial charge in [0.25, 0.3) is 5.91 Å². The van der Waals surface area contributed by atoms with Gasteiger partial charge in [-0.3, -0.25) is 14.4 Å². The van der Waals surface area contributed by atoms with Crippen molar-refractivity contribution in [1.29, 1.82) is 0 Å². The fraction of sp³-hybridized carbons (Fsp3) is 0.206. The van der Waals surface area contributed by atoms with E-state index >= 15 is 0 Å². The van der Waals surface area contributed by atoms with Gasteiger partial charge in [0.05, 0.1) is 18.6 Å². The van der Waals surface area contributed by atoms with Crippen LogP contribution in [0.5, 0.6) is 0 Å². The van der Waals surface area contributed by atoms with E-state index in [1.807, 2.05) is 30.3 Å². The average Bonchev–Trinajstić information content (AvgIpc) is 3.01. The number of anilines is 2. The third-order valence-corrected chi connectivity index (χ3v) is 7.39. The maximum Gasteiger partial charge on any atom is 0.416 e. The topological polar surface area (TPSA) is 96.5 Å². The van der Waals surface area contributed by atoms with Crippen LogP contribution < -0.4 is 16.0 Å². The van der Waals surface area contributed by atoms with Crippen molar-refractivity contribution in [2.75, 3.05) is 23.8 Å². The third kappa shape index (κ3) is 9.73. The quantitative estimate of drug-likeness (QED) is 0.133. The third-order valence-electron chi connectivity index (χ3n) is 6.84. The Balaban J connectivity index is 1.49. The first-order valence-electron chi connectivity index (χ1n) is 14.3. The molecule has 0 heterocycles. The Hall–Kier alpha value is -4.54. The molecule has 1 atom stereocenters. The van der Waals surface area contributed by atoms with Crippen LogP contribution in [-0.2, 0) is 26.9 Å². The predicted molar refractivity (Wildman–Crippen MR) is 173 cm³/mol. The molecule has 0 bridgehead atoms. The molecule has 0 fully saturated rings. The first kappa shape index (κ1) is 34.3. The summed E-state index contributed by atoms with van der Waals surface area (Å²) in [6.07, 6.45) is -4.24. The SMILES string of the molecule is CCOC(=O)CCNC(=O)c1ccc(N[C@H](Cc2ccc(-c3ccc(Cl)cc3Cl)cc2)C(=O)Nc2ccc(C(F)(F)F)cc2)cc1. The lowest BCUT2D eigenvalue weighted by Gasteiger charge is -2.20. The number of nitrogens with one attached hydrogen (secondary N) is 3. The van der Waals surface area contributed by atoms with Crippen LogP contribution in [0.1, 0.15) is 34.8 Å². The summed E-state index contributed by atoms with van der Waals surface area (Å²) < 4.78 is 43.9. The van der Waals surface area contributed by atoms with E-state index in [0.717, 1.165) is 28.8 Å². The highest BCUT2D eigenvalue weighted by Crippen LogP contribution is 2.31. The Labute approximate surface area is 274 Å². The second-order valence-corrected chi connectivity index (χ2v) is 11.0. The Bertz CT molecular complexity index is 1660. The average molecular weight is 673 g/mol. The number of carbonyl (C=O) groups is 3. The Morgan fingerprint density at radius 2 is 1.50 bits per heavy atom. The molecule has 4 rings (SSSR count). The summed E-state index contributed by atoms with van der Waals surface area (Å²) >= 11 is 12.4. The largest absolute Gasteiger partial charge is 0.466 e. The molecule has 0 radical (unpaired) electrons. The predicted octanol–water partition coefficient (Wildman–Crippen LogP) is 8.02. The molecule has 4 aromatic rings. The van der Waals surface area contributed by atoms with Crippen molar-refractivity contribution in [2.45, 2.75) is 32.0 Å². The molecule has 0 aliphatic heterocycles.